The van der Waals surface area contributed by atoms with E-state index in [-0.39, 0.29) is 11.5 Å². The van der Waals surface area contributed by atoms with E-state index in [1.165, 1.54) is 0 Å². The molecule has 0 spiro atoms. The molecular formula is C25H24ClN3O. The van der Waals surface area contributed by atoms with Gasteiger partial charge in [0.15, 0.2) is 0 Å². The van der Waals surface area contributed by atoms with Crippen molar-refractivity contribution in [3.05, 3.63) is 93.3 Å². The van der Waals surface area contributed by atoms with Crippen LogP contribution in [0, 0.1) is 32.1 Å². The second-order valence-corrected chi connectivity index (χ2v) is 7.69. The van der Waals surface area contributed by atoms with Crippen LogP contribution in [0.1, 0.15) is 28.1 Å². The van der Waals surface area contributed by atoms with Gasteiger partial charge in [-0.1, -0.05) is 48.0 Å². The third-order valence-corrected chi connectivity index (χ3v) is 5.32. The molecule has 0 aliphatic heterocycles. The maximum Gasteiger partial charge on any atom is 0.261 e. The maximum atomic E-state index is 12.5. The molecule has 0 saturated heterocycles. The van der Waals surface area contributed by atoms with Crippen LogP contribution in [-0.4, -0.2) is 17.0 Å². The summed E-state index contributed by atoms with van der Waals surface area (Å²) in [6.45, 7) is 6.47. The lowest BCUT2D eigenvalue weighted by molar-refractivity contribution is -0.117. The number of nitrogens with zero attached hydrogens (tertiary/aromatic N) is 2. The number of rotatable bonds is 6. The third-order valence-electron chi connectivity index (χ3n) is 5.09. The summed E-state index contributed by atoms with van der Waals surface area (Å²) in [5, 5.41) is 13.0. The van der Waals surface area contributed by atoms with Gasteiger partial charge in [-0.05, 0) is 68.2 Å². The summed E-state index contributed by atoms with van der Waals surface area (Å²) in [6, 6.07) is 19.7. The standard InChI is InChI=1S/C25H24ClN3O/c1-17-9-10-23(26)15-24(17)29-18(2)13-21(19(29)3)14-22(16-27)25(30)28-12-11-20-7-5-4-6-8-20/h4-10,13-15H,11-12H2,1-3H3,(H,28,30)/b22-14-. The molecular weight excluding hydrogens is 394 g/mol. The molecule has 30 heavy (non-hydrogen) atoms. The zero-order valence-electron chi connectivity index (χ0n) is 17.4. The predicted molar refractivity (Wildman–Crippen MR) is 122 cm³/mol. The molecule has 1 N–H and O–H groups in total. The van der Waals surface area contributed by atoms with Crippen LogP contribution >= 0.6 is 11.6 Å². The Morgan fingerprint density at radius 3 is 2.57 bits per heavy atom. The molecule has 1 heterocycles. The third kappa shape index (κ3) is 4.82. The Morgan fingerprint density at radius 2 is 1.87 bits per heavy atom. The summed E-state index contributed by atoms with van der Waals surface area (Å²) in [4.78, 5) is 12.5. The number of hydrogen-bond acceptors (Lipinski definition) is 2. The molecule has 1 aromatic heterocycles. The van der Waals surface area contributed by atoms with Gasteiger partial charge in [0, 0.05) is 28.6 Å². The van der Waals surface area contributed by atoms with Crippen molar-refractivity contribution in [2.75, 3.05) is 6.54 Å². The van der Waals surface area contributed by atoms with Crippen molar-refractivity contribution in [3.8, 4) is 11.8 Å². The molecule has 0 bridgehead atoms. The zero-order valence-corrected chi connectivity index (χ0v) is 18.1. The van der Waals surface area contributed by atoms with E-state index in [1.807, 2.05) is 81.4 Å². The highest BCUT2D eigenvalue weighted by molar-refractivity contribution is 6.30. The van der Waals surface area contributed by atoms with Crippen molar-refractivity contribution in [3.63, 3.8) is 0 Å². The molecule has 152 valence electrons. The minimum atomic E-state index is -0.364. The molecule has 0 saturated carbocycles. The Kier molecular flexibility index (Phi) is 6.76. The van der Waals surface area contributed by atoms with Gasteiger partial charge < -0.3 is 9.88 Å². The summed E-state index contributed by atoms with van der Waals surface area (Å²) in [5.41, 5.74) is 6.10. The van der Waals surface area contributed by atoms with Crippen LogP contribution in [0.4, 0.5) is 0 Å². The second kappa shape index (κ2) is 9.47. The number of carbonyl (C=O) groups is 1. The van der Waals surface area contributed by atoms with Crippen molar-refractivity contribution in [1.82, 2.24) is 9.88 Å². The Morgan fingerprint density at radius 1 is 1.13 bits per heavy atom. The van der Waals surface area contributed by atoms with E-state index >= 15 is 0 Å². The first-order valence-corrected chi connectivity index (χ1v) is 10.2. The van der Waals surface area contributed by atoms with Gasteiger partial charge in [0.05, 0.1) is 0 Å². The van der Waals surface area contributed by atoms with E-state index < -0.39 is 0 Å². The van der Waals surface area contributed by atoms with E-state index in [9.17, 15) is 10.1 Å². The number of hydrogen-bond donors (Lipinski definition) is 1. The number of aryl methyl sites for hydroxylation is 2. The fourth-order valence-electron chi connectivity index (χ4n) is 3.49. The van der Waals surface area contributed by atoms with Gasteiger partial charge in [0.2, 0.25) is 0 Å². The molecule has 0 atom stereocenters. The van der Waals surface area contributed by atoms with Crippen LogP contribution in [-0.2, 0) is 11.2 Å². The van der Waals surface area contributed by atoms with Crippen LogP contribution in [0.2, 0.25) is 5.02 Å². The van der Waals surface area contributed by atoms with E-state index in [2.05, 4.69) is 9.88 Å². The van der Waals surface area contributed by atoms with E-state index in [1.54, 1.807) is 6.08 Å². The van der Waals surface area contributed by atoms with E-state index in [4.69, 9.17) is 11.6 Å². The first-order valence-electron chi connectivity index (χ1n) is 9.80. The van der Waals surface area contributed by atoms with Crippen LogP contribution in [0.5, 0.6) is 0 Å². The van der Waals surface area contributed by atoms with Crippen molar-refractivity contribution in [2.45, 2.75) is 27.2 Å². The Hall–Kier alpha value is -3.29. The summed E-state index contributed by atoms with van der Waals surface area (Å²) in [7, 11) is 0. The van der Waals surface area contributed by atoms with Crippen molar-refractivity contribution < 1.29 is 4.79 Å². The van der Waals surface area contributed by atoms with Gasteiger partial charge in [-0.25, -0.2) is 0 Å². The highest BCUT2D eigenvalue weighted by Gasteiger charge is 2.15. The monoisotopic (exact) mass is 417 g/mol. The molecule has 3 aromatic rings. The Balaban J connectivity index is 1.81. The molecule has 0 radical (unpaired) electrons. The Bertz CT molecular complexity index is 1140. The van der Waals surface area contributed by atoms with Crippen molar-refractivity contribution in [2.24, 2.45) is 0 Å². The van der Waals surface area contributed by atoms with Crippen LogP contribution in [0.25, 0.3) is 11.8 Å². The second-order valence-electron chi connectivity index (χ2n) is 7.25. The minimum Gasteiger partial charge on any atom is -0.351 e. The topological polar surface area (TPSA) is 57.8 Å². The molecule has 0 aliphatic carbocycles. The number of aromatic nitrogens is 1. The van der Waals surface area contributed by atoms with Crippen LogP contribution in [0.3, 0.4) is 0 Å². The SMILES string of the molecule is Cc1ccc(Cl)cc1-n1c(C)cc(/C=C(/C#N)C(=O)NCCc2ccccc2)c1C. The summed E-state index contributed by atoms with van der Waals surface area (Å²) >= 11 is 6.20. The molecule has 1 amide bonds. The summed E-state index contributed by atoms with van der Waals surface area (Å²) < 4.78 is 2.09. The fourth-order valence-corrected chi connectivity index (χ4v) is 3.66. The van der Waals surface area contributed by atoms with Crippen LogP contribution < -0.4 is 5.32 Å². The smallest absolute Gasteiger partial charge is 0.261 e. The van der Waals surface area contributed by atoms with Crippen LogP contribution in [0.15, 0.2) is 60.2 Å². The first-order chi connectivity index (χ1) is 14.4. The minimum absolute atomic E-state index is 0.0890. The van der Waals surface area contributed by atoms with Gasteiger partial charge in [0.1, 0.15) is 11.6 Å². The lowest BCUT2D eigenvalue weighted by Crippen LogP contribution is -2.26. The lowest BCUT2D eigenvalue weighted by atomic mass is 10.1. The van der Waals surface area contributed by atoms with Gasteiger partial charge in [-0.2, -0.15) is 5.26 Å². The Labute approximate surface area is 182 Å². The molecule has 0 unspecified atom stereocenters. The number of benzene rings is 2. The number of nitriles is 1. The zero-order chi connectivity index (χ0) is 21.7. The maximum absolute atomic E-state index is 12.5. The molecule has 0 aliphatic rings. The number of halogens is 1. The number of carbonyl (C=O) groups excluding carboxylic acids is 1. The molecule has 5 heteroatoms. The average molecular weight is 418 g/mol. The van der Waals surface area contributed by atoms with Gasteiger partial charge >= 0.3 is 0 Å². The molecule has 3 rings (SSSR count). The molecule has 0 fully saturated rings. The van der Waals surface area contributed by atoms with E-state index in [0.29, 0.717) is 18.0 Å². The number of amides is 1. The van der Waals surface area contributed by atoms with Gasteiger partial charge in [0.25, 0.3) is 5.91 Å². The largest absolute Gasteiger partial charge is 0.351 e. The molecule has 2 aromatic carbocycles. The molecule has 4 nitrogen and oxygen atoms in total. The predicted octanol–water partition coefficient (Wildman–Crippen LogP) is 5.32. The average Bonchev–Trinajstić information content (AvgIpc) is 3.01. The normalized spacial score (nSPS) is 11.2. The summed E-state index contributed by atoms with van der Waals surface area (Å²) in [6.07, 6.45) is 2.37. The highest BCUT2D eigenvalue weighted by atomic mass is 35.5. The van der Waals surface area contributed by atoms with E-state index in [0.717, 1.165) is 33.8 Å². The van der Waals surface area contributed by atoms with Gasteiger partial charge in [-0.15, -0.1) is 0 Å². The lowest BCUT2D eigenvalue weighted by Gasteiger charge is -2.13. The number of nitrogens with one attached hydrogen (secondary N) is 1. The fraction of sp³-hybridized carbons (Fsp3) is 0.200. The van der Waals surface area contributed by atoms with Gasteiger partial charge in [-0.3, -0.25) is 4.79 Å². The highest BCUT2D eigenvalue weighted by Crippen LogP contribution is 2.27. The van der Waals surface area contributed by atoms with Crippen molar-refractivity contribution >= 4 is 23.6 Å². The quantitative estimate of drug-likeness (QED) is 0.435. The summed E-state index contributed by atoms with van der Waals surface area (Å²) in [5.74, 6) is -0.364. The first kappa shape index (κ1) is 21.4. The van der Waals surface area contributed by atoms with Crippen molar-refractivity contribution in [1.29, 1.82) is 5.26 Å².